The number of fused-ring (bicyclic) bond motifs is 1. The zero-order valence-corrected chi connectivity index (χ0v) is 17.6. The van der Waals surface area contributed by atoms with Gasteiger partial charge < -0.3 is 10.1 Å². The lowest BCUT2D eigenvalue weighted by atomic mass is 10.2. The Balaban J connectivity index is 1.78. The molecule has 2 aromatic heterocycles. The second-order valence-corrected chi connectivity index (χ2v) is 9.08. The SMILES string of the molecule is Cn1cc2cc(NC(=O)c3nc(Br)sc3NC(=O)OC(C)(C)C)ccc2n1. The van der Waals surface area contributed by atoms with Gasteiger partial charge in [0, 0.05) is 24.3 Å². The fourth-order valence-electron chi connectivity index (χ4n) is 2.35. The van der Waals surface area contributed by atoms with Crippen molar-refractivity contribution in [2.45, 2.75) is 26.4 Å². The molecule has 2 amide bonds. The van der Waals surface area contributed by atoms with Crippen molar-refractivity contribution in [3.05, 3.63) is 34.0 Å². The Morgan fingerprint density at radius 3 is 2.70 bits per heavy atom. The first-order chi connectivity index (χ1) is 12.6. The van der Waals surface area contributed by atoms with E-state index in [4.69, 9.17) is 4.74 Å². The number of aryl methyl sites for hydroxylation is 1. The lowest BCUT2D eigenvalue weighted by Crippen LogP contribution is -2.27. The molecule has 3 rings (SSSR count). The van der Waals surface area contributed by atoms with Crippen molar-refractivity contribution in [3.63, 3.8) is 0 Å². The van der Waals surface area contributed by atoms with Crippen molar-refractivity contribution in [2.24, 2.45) is 7.05 Å². The number of aromatic nitrogens is 3. The molecule has 0 saturated carbocycles. The van der Waals surface area contributed by atoms with E-state index in [9.17, 15) is 9.59 Å². The van der Waals surface area contributed by atoms with Gasteiger partial charge in [-0.05, 0) is 54.9 Å². The number of ether oxygens (including phenoxy) is 1. The number of carbonyl (C=O) groups is 2. The number of halogens is 1. The van der Waals surface area contributed by atoms with E-state index < -0.39 is 17.6 Å². The number of amides is 2. The van der Waals surface area contributed by atoms with Gasteiger partial charge in [-0.2, -0.15) is 5.10 Å². The highest BCUT2D eigenvalue weighted by Crippen LogP contribution is 2.30. The first-order valence-corrected chi connectivity index (χ1v) is 9.63. The molecular formula is C17H18BrN5O3S. The van der Waals surface area contributed by atoms with E-state index in [-0.39, 0.29) is 5.69 Å². The average Bonchev–Trinajstić information content (AvgIpc) is 3.06. The number of hydrogen-bond acceptors (Lipinski definition) is 6. The highest BCUT2D eigenvalue weighted by Gasteiger charge is 2.22. The van der Waals surface area contributed by atoms with Gasteiger partial charge in [-0.15, -0.1) is 0 Å². The summed E-state index contributed by atoms with van der Waals surface area (Å²) in [6.45, 7) is 5.28. The van der Waals surface area contributed by atoms with Crippen molar-refractivity contribution in [2.75, 3.05) is 10.6 Å². The summed E-state index contributed by atoms with van der Waals surface area (Å²) in [5.74, 6) is -0.439. The minimum atomic E-state index is -0.649. The zero-order valence-electron chi connectivity index (χ0n) is 15.2. The van der Waals surface area contributed by atoms with Gasteiger partial charge >= 0.3 is 6.09 Å². The highest BCUT2D eigenvalue weighted by molar-refractivity contribution is 9.11. The Hall–Kier alpha value is -2.46. The molecule has 0 aliphatic rings. The molecular weight excluding hydrogens is 434 g/mol. The van der Waals surface area contributed by atoms with Gasteiger partial charge in [-0.25, -0.2) is 9.78 Å². The fourth-order valence-corrected chi connectivity index (χ4v) is 3.68. The van der Waals surface area contributed by atoms with E-state index in [1.54, 1.807) is 31.5 Å². The molecule has 2 N–H and O–H groups in total. The summed E-state index contributed by atoms with van der Waals surface area (Å²) in [5.41, 5.74) is 0.893. The standard InChI is InChI=1S/C17H18BrN5O3S/c1-17(2,3)26-16(25)21-14-12(20-15(18)27-14)13(24)19-10-5-6-11-9(7-10)8-23(4)22-11/h5-8H,1-4H3,(H,19,24)(H,21,25). The molecule has 0 bridgehead atoms. The smallest absolute Gasteiger partial charge is 0.412 e. The Morgan fingerprint density at radius 2 is 2.00 bits per heavy atom. The quantitative estimate of drug-likeness (QED) is 0.614. The maximum atomic E-state index is 12.7. The number of nitrogens with zero attached hydrogens (tertiary/aromatic N) is 3. The van der Waals surface area contributed by atoms with Gasteiger partial charge in [0.25, 0.3) is 5.91 Å². The van der Waals surface area contributed by atoms with Gasteiger partial charge in [-0.1, -0.05) is 11.3 Å². The minimum Gasteiger partial charge on any atom is -0.444 e. The molecule has 1 aromatic carbocycles. The molecule has 0 fully saturated rings. The van der Waals surface area contributed by atoms with Gasteiger partial charge in [0.05, 0.1) is 5.52 Å². The van der Waals surface area contributed by atoms with Crippen LogP contribution in [0.15, 0.2) is 28.3 Å². The van der Waals surface area contributed by atoms with E-state index in [1.165, 1.54) is 0 Å². The zero-order chi connectivity index (χ0) is 19.8. The number of nitrogens with one attached hydrogen (secondary N) is 2. The number of benzene rings is 1. The molecule has 0 aliphatic heterocycles. The fraction of sp³-hybridized carbons (Fsp3) is 0.294. The number of hydrogen-bond donors (Lipinski definition) is 2. The molecule has 0 atom stereocenters. The predicted octanol–water partition coefficient (Wildman–Crippen LogP) is 4.39. The monoisotopic (exact) mass is 451 g/mol. The van der Waals surface area contributed by atoms with Crippen LogP contribution in [-0.2, 0) is 11.8 Å². The normalized spacial score (nSPS) is 11.4. The molecule has 10 heteroatoms. The molecule has 0 spiro atoms. The molecule has 142 valence electrons. The van der Waals surface area contributed by atoms with Crippen molar-refractivity contribution in [1.82, 2.24) is 14.8 Å². The largest absolute Gasteiger partial charge is 0.444 e. The van der Waals surface area contributed by atoms with Crippen LogP contribution in [0.3, 0.4) is 0 Å². The van der Waals surface area contributed by atoms with Crippen LogP contribution < -0.4 is 10.6 Å². The summed E-state index contributed by atoms with van der Waals surface area (Å²) in [5, 5.41) is 10.9. The maximum absolute atomic E-state index is 12.7. The lowest BCUT2D eigenvalue weighted by molar-refractivity contribution is 0.0636. The van der Waals surface area contributed by atoms with Crippen LogP contribution in [0.25, 0.3) is 10.9 Å². The van der Waals surface area contributed by atoms with Crippen LogP contribution in [0.4, 0.5) is 15.5 Å². The van der Waals surface area contributed by atoms with Gasteiger partial charge in [0.1, 0.15) is 10.6 Å². The Kier molecular flexibility index (Phi) is 5.20. The van der Waals surface area contributed by atoms with E-state index in [0.29, 0.717) is 14.6 Å². The number of anilines is 2. The van der Waals surface area contributed by atoms with Crippen molar-refractivity contribution >= 4 is 60.9 Å². The summed E-state index contributed by atoms with van der Waals surface area (Å²) < 4.78 is 7.41. The second kappa shape index (κ2) is 7.28. The van der Waals surface area contributed by atoms with Gasteiger partial charge in [0.15, 0.2) is 9.61 Å². The van der Waals surface area contributed by atoms with Crippen LogP contribution in [-0.4, -0.2) is 32.4 Å². The predicted molar refractivity (Wildman–Crippen MR) is 108 cm³/mol. The van der Waals surface area contributed by atoms with E-state index in [1.807, 2.05) is 25.4 Å². The Morgan fingerprint density at radius 1 is 1.26 bits per heavy atom. The van der Waals surface area contributed by atoms with Crippen LogP contribution in [0.2, 0.25) is 0 Å². The molecule has 27 heavy (non-hydrogen) atoms. The Labute approximate surface area is 168 Å². The summed E-state index contributed by atoms with van der Waals surface area (Å²) >= 11 is 4.38. The number of thiazole rings is 1. The van der Waals surface area contributed by atoms with E-state index >= 15 is 0 Å². The molecule has 0 unspecified atom stereocenters. The minimum absolute atomic E-state index is 0.101. The molecule has 0 aliphatic carbocycles. The van der Waals surface area contributed by atoms with Gasteiger partial charge in [0.2, 0.25) is 0 Å². The van der Waals surface area contributed by atoms with Crippen molar-refractivity contribution in [3.8, 4) is 0 Å². The first kappa shape index (κ1) is 19.3. The van der Waals surface area contributed by atoms with E-state index in [0.717, 1.165) is 22.2 Å². The topological polar surface area (TPSA) is 98.1 Å². The van der Waals surface area contributed by atoms with Gasteiger partial charge in [-0.3, -0.25) is 14.8 Å². The van der Waals surface area contributed by atoms with E-state index in [2.05, 4.69) is 36.6 Å². The first-order valence-electron chi connectivity index (χ1n) is 8.02. The van der Waals surface area contributed by atoms with Crippen LogP contribution in [0.1, 0.15) is 31.3 Å². The number of carbonyl (C=O) groups excluding carboxylic acids is 2. The molecule has 0 saturated heterocycles. The summed E-state index contributed by atoms with van der Waals surface area (Å²) in [4.78, 5) is 28.8. The summed E-state index contributed by atoms with van der Waals surface area (Å²) in [7, 11) is 1.83. The average molecular weight is 452 g/mol. The lowest BCUT2D eigenvalue weighted by Gasteiger charge is -2.19. The number of rotatable bonds is 3. The summed E-state index contributed by atoms with van der Waals surface area (Å²) in [6, 6.07) is 5.40. The highest BCUT2D eigenvalue weighted by atomic mass is 79.9. The molecule has 8 nitrogen and oxygen atoms in total. The molecule has 3 aromatic rings. The summed E-state index contributed by atoms with van der Waals surface area (Å²) in [6.07, 6.45) is 1.21. The third-order valence-corrected chi connectivity index (χ3v) is 4.73. The van der Waals surface area contributed by atoms with Crippen LogP contribution in [0, 0.1) is 0 Å². The third-order valence-electron chi connectivity index (χ3n) is 3.31. The Bertz CT molecular complexity index is 1020. The van der Waals surface area contributed by atoms with Crippen LogP contribution in [0.5, 0.6) is 0 Å². The third kappa shape index (κ3) is 4.83. The molecule has 0 radical (unpaired) electrons. The van der Waals surface area contributed by atoms with Crippen molar-refractivity contribution < 1.29 is 14.3 Å². The van der Waals surface area contributed by atoms with Crippen molar-refractivity contribution in [1.29, 1.82) is 0 Å². The maximum Gasteiger partial charge on any atom is 0.412 e. The second-order valence-electron chi connectivity index (χ2n) is 6.80. The molecule has 2 heterocycles. The van der Waals surface area contributed by atoms with Crippen LogP contribution >= 0.6 is 27.3 Å².